The quantitative estimate of drug-likeness (QED) is 0.560. The highest BCUT2D eigenvalue weighted by atomic mass is 35.5. The lowest BCUT2D eigenvalue weighted by molar-refractivity contribution is -0.125. The van der Waals surface area contributed by atoms with Crippen molar-refractivity contribution in [2.45, 2.75) is 45.8 Å². The van der Waals surface area contributed by atoms with Crippen molar-refractivity contribution in [2.24, 2.45) is 5.92 Å². The first-order valence-corrected chi connectivity index (χ1v) is 11.6. The van der Waals surface area contributed by atoms with E-state index in [1.807, 2.05) is 12.1 Å². The van der Waals surface area contributed by atoms with Crippen molar-refractivity contribution in [1.82, 2.24) is 25.0 Å². The van der Waals surface area contributed by atoms with E-state index in [0.717, 1.165) is 49.7 Å². The van der Waals surface area contributed by atoms with Gasteiger partial charge in [-0.1, -0.05) is 31.5 Å². The van der Waals surface area contributed by atoms with Crippen molar-refractivity contribution in [1.29, 1.82) is 0 Å². The summed E-state index contributed by atoms with van der Waals surface area (Å²) in [6, 6.07) is 3.65. The number of hydrogen-bond acceptors (Lipinski definition) is 7. The first-order valence-electron chi connectivity index (χ1n) is 11.2. The van der Waals surface area contributed by atoms with Crippen LogP contribution in [0.5, 0.6) is 11.5 Å². The number of carbonyl (C=O) groups is 1. The predicted molar refractivity (Wildman–Crippen MR) is 126 cm³/mol. The standard InChI is InChI=1S/C23H34ClN5O4/c1-15(2)12-17(25-20(30)14-31-3)23-27-26-19-8-9-28(10-11-29(19)23)13-16-6-7-18(32-4)22(33-5)21(16)24/h6-7,15,17H,8-14H2,1-5H3,(H,25,30). The van der Waals surface area contributed by atoms with Gasteiger partial charge in [-0.25, -0.2) is 0 Å². The molecule has 1 aliphatic rings. The summed E-state index contributed by atoms with van der Waals surface area (Å²) in [4.78, 5) is 14.6. The van der Waals surface area contributed by atoms with Crippen LogP contribution in [0.4, 0.5) is 0 Å². The lowest BCUT2D eigenvalue weighted by atomic mass is 10.0. The molecule has 2 aromatic rings. The topological polar surface area (TPSA) is 90.7 Å². The van der Waals surface area contributed by atoms with Crippen LogP contribution in [0.3, 0.4) is 0 Å². The maximum atomic E-state index is 12.2. The Kier molecular flexibility index (Phi) is 8.94. The molecule has 182 valence electrons. The van der Waals surface area contributed by atoms with Gasteiger partial charge in [-0.3, -0.25) is 9.69 Å². The molecule has 9 nitrogen and oxygen atoms in total. The molecule has 0 aliphatic carbocycles. The third-order valence-corrected chi connectivity index (χ3v) is 6.15. The largest absolute Gasteiger partial charge is 0.493 e. The summed E-state index contributed by atoms with van der Waals surface area (Å²) in [7, 11) is 4.70. The number of nitrogens with zero attached hydrogens (tertiary/aromatic N) is 4. The summed E-state index contributed by atoms with van der Waals surface area (Å²) in [5.74, 6) is 3.13. The summed E-state index contributed by atoms with van der Waals surface area (Å²) >= 11 is 6.60. The van der Waals surface area contributed by atoms with Crippen molar-refractivity contribution in [3.8, 4) is 11.5 Å². The third kappa shape index (κ3) is 6.16. The minimum absolute atomic E-state index is 0.0233. The summed E-state index contributed by atoms with van der Waals surface area (Å²) in [5, 5.41) is 12.5. The Hall–Kier alpha value is -2.36. The molecule has 1 aliphatic heterocycles. The number of rotatable bonds is 10. The average molecular weight is 480 g/mol. The van der Waals surface area contributed by atoms with E-state index in [2.05, 4.69) is 38.8 Å². The first-order chi connectivity index (χ1) is 15.9. The molecule has 0 radical (unpaired) electrons. The van der Waals surface area contributed by atoms with E-state index in [9.17, 15) is 4.79 Å². The molecule has 1 unspecified atom stereocenters. The molecule has 0 fully saturated rings. The van der Waals surface area contributed by atoms with Gasteiger partial charge in [0.25, 0.3) is 0 Å². The zero-order valence-electron chi connectivity index (χ0n) is 20.1. The van der Waals surface area contributed by atoms with E-state index in [1.165, 1.54) is 7.11 Å². The molecule has 1 N–H and O–H groups in total. The second-order valence-electron chi connectivity index (χ2n) is 8.61. The van der Waals surface area contributed by atoms with Gasteiger partial charge in [0.05, 0.1) is 25.3 Å². The van der Waals surface area contributed by atoms with Gasteiger partial charge in [0.2, 0.25) is 5.91 Å². The van der Waals surface area contributed by atoms with Gasteiger partial charge in [-0.05, 0) is 24.0 Å². The molecular formula is C23H34ClN5O4. The van der Waals surface area contributed by atoms with Crippen LogP contribution in [0, 0.1) is 5.92 Å². The van der Waals surface area contributed by atoms with E-state index >= 15 is 0 Å². The zero-order valence-corrected chi connectivity index (χ0v) is 20.8. The smallest absolute Gasteiger partial charge is 0.246 e. The van der Waals surface area contributed by atoms with Crippen molar-refractivity contribution in [3.05, 3.63) is 34.4 Å². The van der Waals surface area contributed by atoms with Gasteiger partial charge in [-0.2, -0.15) is 0 Å². The minimum Gasteiger partial charge on any atom is -0.493 e. The van der Waals surface area contributed by atoms with Gasteiger partial charge < -0.3 is 24.1 Å². The lowest BCUT2D eigenvalue weighted by Crippen LogP contribution is -2.34. The SMILES string of the molecule is COCC(=O)NC(CC(C)C)c1nnc2n1CCN(Cc1ccc(OC)c(OC)c1Cl)CC2. The molecule has 3 rings (SSSR count). The fourth-order valence-electron chi connectivity index (χ4n) is 4.17. The van der Waals surface area contributed by atoms with Crippen molar-refractivity contribution >= 4 is 17.5 Å². The molecule has 33 heavy (non-hydrogen) atoms. The molecule has 0 bridgehead atoms. The Labute approximate surface area is 200 Å². The van der Waals surface area contributed by atoms with E-state index in [1.54, 1.807) is 14.2 Å². The summed E-state index contributed by atoms with van der Waals surface area (Å²) < 4.78 is 17.9. The second kappa shape index (κ2) is 11.7. The van der Waals surface area contributed by atoms with E-state index < -0.39 is 0 Å². The number of ether oxygens (including phenoxy) is 3. The number of nitrogens with one attached hydrogen (secondary N) is 1. The van der Waals surface area contributed by atoms with Crippen molar-refractivity contribution < 1.29 is 19.0 Å². The van der Waals surface area contributed by atoms with Gasteiger partial charge in [-0.15, -0.1) is 10.2 Å². The summed E-state index contributed by atoms with van der Waals surface area (Å²) in [6.45, 7) is 7.34. The number of amides is 1. The molecule has 10 heteroatoms. The fourth-order valence-corrected chi connectivity index (χ4v) is 4.46. The van der Waals surface area contributed by atoms with Crippen LogP contribution in [0.15, 0.2) is 12.1 Å². The molecule has 0 saturated carbocycles. The average Bonchev–Trinajstić information content (AvgIpc) is 3.08. The number of aromatic nitrogens is 3. The highest BCUT2D eigenvalue weighted by molar-refractivity contribution is 6.33. The zero-order chi connectivity index (χ0) is 24.0. The predicted octanol–water partition coefficient (Wildman–Crippen LogP) is 2.86. The maximum absolute atomic E-state index is 12.2. The highest BCUT2D eigenvalue weighted by Gasteiger charge is 2.26. The van der Waals surface area contributed by atoms with Gasteiger partial charge in [0.15, 0.2) is 17.3 Å². The monoisotopic (exact) mass is 479 g/mol. The Bertz CT molecular complexity index is 949. The van der Waals surface area contributed by atoms with Crippen molar-refractivity contribution in [2.75, 3.05) is 41.0 Å². The van der Waals surface area contributed by atoms with Gasteiger partial charge >= 0.3 is 0 Å². The number of methoxy groups -OCH3 is 3. The molecule has 1 aromatic heterocycles. The molecule has 2 heterocycles. The lowest BCUT2D eigenvalue weighted by Gasteiger charge is -2.23. The van der Waals surface area contributed by atoms with Crippen LogP contribution in [-0.2, 0) is 29.0 Å². The number of halogens is 1. The molecule has 1 atom stereocenters. The number of hydrogen-bond donors (Lipinski definition) is 1. The Morgan fingerprint density at radius 2 is 1.94 bits per heavy atom. The van der Waals surface area contributed by atoms with Crippen LogP contribution >= 0.6 is 11.6 Å². The third-order valence-electron chi connectivity index (χ3n) is 5.74. The highest BCUT2D eigenvalue weighted by Crippen LogP contribution is 2.37. The summed E-state index contributed by atoms with van der Waals surface area (Å²) in [5.41, 5.74) is 0.983. The Morgan fingerprint density at radius 1 is 1.15 bits per heavy atom. The van der Waals surface area contributed by atoms with Crippen LogP contribution in [0.2, 0.25) is 5.02 Å². The Morgan fingerprint density at radius 3 is 2.61 bits per heavy atom. The van der Waals surface area contributed by atoms with Gasteiger partial charge in [0, 0.05) is 39.7 Å². The number of carbonyl (C=O) groups excluding carboxylic acids is 1. The van der Waals surface area contributed by atoms with Crippen molar-refractivity contribution in [3.63, 3.8) is 0 Å². The summed E-state index contributed by atoms with van der Waals surface area (Å²) in [6.07, 6.45) is 1.54. The van der Waals surface area contributed by atoms with E-state index in [4.69, 9.17) is 25.8 Å². The van der Waals surface area contributed by atoms with Crippen LogP contribution in [0.1, 0.15) is 43.5 Å². The van der Waals surface area contributed by atoms with Crippen LogP contribution < -0.4 is 14.8 Å². The van der Waals surface area contributed by atoms with E-state index in [0.29, 0.717) is 29.0 Å². The minimum atomic E-state index is -0.208. The molecule has 0 saturated heterocycles. The Balaban J connectivity index is 1.75. The molecule has 1 aromatic carbocycles. The van der Waals surface area contributed by atoms with Crippen LogP contribution in [0.25, 0.3) is 0 Å². The normalized spacial score (nSPS) is 15.1. The van der Waals surface area contributed by atoms with Gasteiger partial charge in [0.1, 0.15) is 12.4 Å². The number of benzene rings is 1. The molecular weight excluding hydrogens is 446 g/mol. The second-order valence-corrected chi connectivity index (χ2v) is 8.99. The first kappa shape index (κ1) is 25.3. The van der Waals surface area contributed by atoms with E-state index in [-0.39, 0.29) is 18.6 Å². The molecule has 0 spiro atoms. The number of fused-ring (bicyclic) bond motifs is 1. The maximum Gasteiger partial charge on any atom is 0.246 e. The fraction of sp³-hybridized carbons (Fsp3) is 0.609. The van der Waals surface area contributed by atoms with Crippen LogP contribution in [-0.4, -0.2) is 66.6 Å². The molecule has 1 amide bonds.